The summed E-state index contributed by atoms with van der Waals surface area (Å²) in [4.78, 5) is 14.8. The quantitative estimate of drug-likeness (QED) is 0.785. The highest BCUT2D eigenvalue weighted by Crippen LogP contribution is 2.34. The summed E-state index contributed by atoms with van der Waals surface area (Å²) in [6, 6.07) is 14.8. The van der Waals surface area contributed by atoms with Crippen LogP contribution >= 0.6 is 0 Å². The molecule has 2 aromatic carbocycles. The third-order valence-corrected chi connectivity index (χ3v) is 6.73. The number of fused-ring (bicyclic) bond motifs is 1. The molecule has 0 saturated carbocycles. The van der Waals surface area contributed by atoms with Gasteiger partial charge in [0, 0.05) is 39.0 Å². The minimum absolute atomic E-state index is 0.0248. The van der Waals surface area contributed by atoms with Crippen LogP contribution in [-0.2, 0) is 22.4 Å². The fraction of sp³-hybridized carbons (Fsp3) is 0.500. The number of carbonyl (C=O) groups excluding carboxylic acids is 1. The van der Waals surface area contributed by atoms with Crippen molar-refractivity contribution in [1.29, 1.82) is 0 Å². The van der Waals surface area contributed by atoms with E-state index in [4.69, 9.17) is 14.2 Å². The first-order chi connectivity index (χ1) is 15.5. The first kappa shape index (κ1) is 21.3. The molecule has 3 heterocycles. The molecule has 2 aromatic rings. The number of morpholine rings is 1. The summed E-state index contributed by atoms with van der Waals surface area (Å²) in [5.74, 6) is 1.00. The summed E-state index contributed by atoms with van der Waals surface area (Å²) in [5.41, 5.74) is 4.45. The van der Waals surface area contributed by atoms with E-state index in [0.717, 1.165) is 37.2 Å². The van der Waals surface area contributed by atoms with Gasteiger partial charge in [0.05, 0.1) is 31.0 Å². The average molecular weight is 437 g/mol. The predicted octanol–water partition coefficient (Wildman–Crippen LogP) is 4.16. The summed E-state index contributed by atoms with van der Waals surface area (Å²) in [7, 11) is 0. The van der Waals surface area contributed by atoms with E-state index < -0.39 is 0 Å². The predicted molar refractivity (Wildman–Crippen MR) is 123 cm³/mol. The fourth-order valence-electron chi connectivity index (χ4n) is 5.23. The molecule has 32 heavy (non-hydrogen) atoms. The molecule has 3 unspecified atom stereocenters. The number of ether oxygens (including phenoxy) is 3. The smallest absolute Gasteiger partial charge is 0.317 e. The fourth-order valence-corrected chi connectivity index (χ4v) is 5.23. The number of nitrogens with one attached hydrogen (secondary N) is 1. The monoisotopic (exact) mass is 436 g/mol. The number of hydrogen-bond donors (Lipinski definition) is 1. The van der Waals surface area contributed by atoms with Crippen molar-refractivity contribution in [2.75, 3.05) is 26.3 Å². The first-order valence-corrected chi connectivity index (χ1v) is 11.7. The molecular formula is C26H32N2O4. The van der Waals surface area contributed by atoms with Gasteiger partial charge in [-0.1, -0.05) is 30.3 Å². The third-order valence-electron chi connectivity index (χ3n) is 6.73. The van der Waals surface area contributed by atoms with E-state index in [1.807, 2.05) is 11.8 Å². The van der Waals surface area contributed by atoms with E-state index in [1.165, 1.54) is 16.7 Å². The molecule has 2 amide bonds. The van der Waals surface area contributed by atoms with Crippen molar-refractivity contribution in [2.45, 2.75) is 57.5 Å². The molecule has 0 radical (unpaired) electrons. The lowest BCUT2D eigenvalue weighted by Gasteiger charge is -2.48. The van der Waals surface area contributed by atoms with Crippen molar-refractivity contribution < 1.29 is 19.0 Å². The maximum atomic E-state index is 12.9. The topological polar surface area (TPSA) is 60.0 Å². The summed E-state index contributed by atoms with van der Waals surface area (Å²) < 4.78 is 17.6. The summed E-state index contributed by atoms with van der Waals surface area (Å²) in [5, 5.41) is 3.10. The van der Waals surface area contributed by atoms with E-state index >= 15 is 0 Å². The zero-order valence-corrected chi connectivity index (χ0v) is 18.9. The lowest BCUT2D eigenvalue weighted by Crippen LogP contribution is -2.60. The zero-order valence-electron chi connectivity index (χ0n) is 18.9. The second-order valence-electron chi connectivity index (χ2n) is 9.40. The van der Waals surface area contributed by atoms with Gasteiger partial charge >= 0.3 is 6.03 Å². The number of benzene rings is 2. The minimum Gasteiger partial charge on any atom is -0.493 e. The van der Waals surface area contributed by atoms with Gasteiger partial charge in [-0.05, 0) is 48.2 Å². The number of hydrogen-bond acceptors (Lipinski definition) is 4. The Morgan fingerprint density at radius 3 is 2.72 bits per heavy atom. The molecule has 170 valence electrons. The number of amides is 2. The van der Waals surface area contributed by atoms with E-state index in [2.05, 4.69) is 54.7 Å². The van der Waals surface area contributed by atoms with E-state index in [1.54, 1.807) is 0 Å². The number of rotatable bonds is 3. The molecule has 0 bridgehead atoms. The number of urea groups is 1. The molecular weight excluding hydrogens is 404 g/mol. The molecule has 6 heteroatoms. The van der Waals surface area contributed by atoms with Crippen LogP contribution in [0, 0.1) is 0 Å². The van der Waals surface area contributed by atoms with E-state index in [0.29, 0.717) is 26.2 Å². The van der Waals surface area contributed by atoms with Crippen LogP contribution in [-0.4, -0.2) is 55.0 Å². The average Bonchev–Trinajstić information content (AvgIpc) is 3.25. The summed E-state index contributed by atoms with van der Waals surface area (Å²) in [6.07, 6.45) is 2.83. The minimum atomic E-state index is -0.283. The highest BCUT2D eigenvalue weighted by molar-refractivity contribution is 5.74. The highest BCUT2D eigenvalue weighted by atomic mass is 16.5. The van der Waals surface area contributed by atoms with Gasteiger partial charge in [-0.15, -0.1) is 0 Å². The largest absolute Gasteiger partial charge is 0.493 e. The Morgan fingerprint density at radius 2 is 1.91 bits per heavy atom. The highest BCUT2D eigenvalue weighted by Gasteiger charge is 2.44. The van der Waals surface area contributed by atoms with Crippen molar-refractivity contribution in [2.24, 2.45) is 0 Å². The Balaban J connectivity index is 1.19. The first-order valence-electron chi connectivity index (χ1n) is 11.7. The third kappa shape index (κ3) is 4.48. The molecule has 1 N–H and O–H groups in total. The van der Waals surface area contributed by atoms with Crippen LogP contribution in [0.15, 0.2) is 42.5 Å². The standard InChI is InChI=1S/C26H32N2O4/c1-18-14-26(10-12-30-18)17-28(16-19(2)32-26)25(29)27-15-20-3-5-21(6-4-20)22-7-8-24-23(13-22)9-11-31-24/h3-8,13,18-19H,9-12,14-17H2,1-2H3,(H,27,29). The summed E-state index contributed by atoms with van der Waals surface area (Å²) >= 11 is 0. The van der Waals surface area contributed by atoms with Crippen molar-refractivity contribution in [1.82, 2.24) is 10.2 Å². The van der Waals surface area contributed by atoms with Crippen LogP contribution < -0.4 is 10.1 Å². The second-order valence-corrected chi connectivity index (χ2v) is 9.40. The van der Waals surface area contributed by atoms with Crippen LogP contribution in [0.2, 0.25) is 0 Å². The normalized spacial score (nSPS) is 27.1. The maximum Gasteiger partial charge on any atom is 0.317 e. The van der Waals surface area contributed by atoms with Gasteiger partial charge in [0.1, 0.15) is 5.75 Å². The van der Waals surface area contributed by atoms with Crippen LogP contribution in [0.4, 0.5) is 4.79 Å². The van der Waals surface area contributed by atoms with Crippen LogP contribution in [0.3, 0.4) is 0 Å². The van der Waals surface area contributed by atoms with Gasteiger partial charge in [-0.25, -0.2) is 4.79 Å². The Morgan fingerprint density at radius 1 is 1.09 bits per heavy atom. The van der Waals surface area contributed by atoms with Gasteiger partial charge in [0.15, 0.2) is 0 Å². The van der Waals surface area contributed by atoms with Crippen molar-refractivity contribution in [3.8, 4) is 16.9 Å². The van der Waals surface area contributed by atoms with Crippen molar-refractivity contribution in [3.63, 3.8) is 0 Å². The lowest BCUT2D eigenvalue weighted by atomic mass is 9.88. The molecule has 3 aliphatic heterocycles. The van der Waals surface area contributed by atoms with E-state index in [-0.39, 0.29) is 23.8 Å². The molecule has 0 aliphatic carbocycles. The van der Waals surface area contributed by atoms with Gasteiger partial charge in [0.25, 0.3) is 0 Å². The SMILES string of the molecule is CC1CC2(CCO1)CN(C(=O)NCc1ccc(-c3ccc4c(c3)CCO4)cc1)CC(C)O2. The van der Waals surface area contributed by atoms with Crippen molar-refractivity contribution >= 4 is 6.03 Å². The Labute approximate surface area is 189 Å². The van der Waals surface area contributed by atoms with Crippen LogP contribution in [0.25, 0.3) is 11.1 Å². The second kappa shape index (κ2) is 8.75. The lowest BCUT2D eigenvalue weighted by molar-refractivity contribution is -0.189. The van der Waals surface area contributed by atoms with Gasteiger partial charge in [-0.2, -0.15) is 0 Å². The molecule has 0 aromatic heterocycles. The summed E-state index contributed by atoms with van der Waals surface area (Å²) in [6.45, 7) is 7.33. The van der Waals surface area contributed by atoms with Crippen molar-refractivity contribution in [3.05, 3.63) is 53.6 Å². The maximum absolute atomic E-state index is 12.9. The molecule has 5 rings (SSSR count). The Bertz CT molecular complexity index is 972. The molecule has 2 saturated heterocycles. The molecule has 3 aliphatic rings. The zero-order chi connectivity index (χ0) is 22.1. The van der Waals surface area contributed by atoms with Crippen LogP contribution in [0.5, 0.6) is 5.75 Å². The molecule has 6 nitrogen and oxygen atoms in total. The number of carbonyl (C=O) groups is 1. The molecule has 1 spiro atoms. The van der Waals surface area contributed by atoms with Crippen LogP contribution in [0.1, 0.15) is 37.8 Å². The van der Waals surface area contributed by atoms with Gasteiger partial charge in [0.2, 0.25) is 0 Å². The Hall–Kier alpha value is -2.57. The molecule has 3 atom stereocenters. The number of nitrogens with zero attached hydrogens (tertiary/aromatic N) is 1. The Kier molecular flexibility index (Phi) is 5.82. The van der Waals surface area contributed by atoms with E-state index in [9.17, 15) is 4.79 Å². The van der Waals surface area contributed by atoms with Gasteiger partial charge < -0.3 is 24.4 Å². The molecule has 2 fully saturated rings. The van der Waals surface area contributed by atoms with Gasteiger partial charge in [-0.3, -0.25) is 0 Å².